The van der Waals surface area contributed by atoms with Gasteiger partial charge in [0.15, 0.2) is 0 Å². The van der Waals surface area contributed by atoms with Crippen LogP contribution in [-0.2, 0) is 14.8 Å². The maximum atomic E-state index is 13.0. The Balaban J connectivity index is 1.85. The van der Waals surface area contributed by atoms with Gasteiger partial charge in [-0.1, -0.05) is 12.8 Å². The summed E-state index contributed by atoms with van der Waals surface area (Å²) in [7, 11) is -1.92. The number of methoxy groups -OCH3 is 1. The minimum Gasteiger partial charge on any atom is -0.496 e. The Morgan fingerprint density at radius 3 is 2.32 bits per heavy atom. The SMILES string of the molecule is COc1ccc(S(=O)(=O)N2CCN(C(C)=O)CC2)cc1C1CCCC1. The number of carbonyl (C=O) groups excluding carboxylic acids is 1. The van der Waals surface area contributed by atoms with Crippen molar-refractivity contribution in [3.63, 3.8) is 0 Å². The van der Waals surface area contributed by atoms with Gasteiger partial charge in [0.1, 0.15) is 5.75 Å². The van der Waals surface area contributed by atoms with Crippen molar-refractivity contribution in [2.45, 2.75) is 43.4 Å². The number of nitrogens with zero attached hydrogens (tertiary/aromatic N) is 2. The molecule has 0 spiro atoms. The Kier molecular flexibility index (Phi) is 5.34. The summed E-state index contributed by atoms with van der Waals surface area (Å²) < 4.78 is 33.0. The number of sulfonamides is 1. The first kappa shape index (κ1) is 18.2. The molecule has 2 fully saturated rings. The van der Waals surface area contributed by atoms with Crippen LogP contribution in [0.15, 0.2) is 23.1 Å². The third-order valence-corrected chi connectivity index (χ3v) is 7.21. The summed E-state index contributed by atoms with van der Waals surface area (Å²) in [5.74, 6) is 1.14. The zero-order chi connectivity index (χ0) is 18.0. The average Bonchev–Trinajstić information content (AvgIpc) is 3.15. The zero-order valence-corrected chi connectivity index (χ0v) is 15.7. The monoisotopic (exact) mass is 366 g/mol. The topological polar surface area (TPSA) is 66.9 Å². The van der Waals surface area contributed by atoms with E-state index in [0.717, 1.165) is 24.2 Å². The van der Waals surface area contributed by atoms with Gasteiger partial charge in [0.05, 0.1) is 12.0 Å². The molecule has 3 rings (SSSR count). The highest BCUT2D eigenvalue weighted by Crippen LogP contribution is 2.40. The van der Waals surface area contributed by atoms with E-state index in [1.54, 1.807) is 30.2 Å². The molecular formula is C18H26N2O4S. The molecule has 1 heterocycles. The molecule has 1 saturated carbocycles. The summed E-state index contributed by atoms with van der Waals surface area (Å²) in [6.45, 7) is 3.08. The zero-order valence-electron chi connectivity index (χ0n) is 14.9. The Bertz CT molecular complexity index is 733. The lowest BCUT2D eigenvalue weighted by molar-refractivity contribution is -0.129. The smallest absolute Gasteiger partial charge is 0.243 e. The first-order chi connectivity index (χ1) is 11.9. The van der Waals surface area contributed by atoms with Gasteiger partial charge in [0.2, 0.25) is 15.9 Å². The fourth-order valence-electron chi connectivity index (χ4n) is 3.82. The van der Waals surface area contributed by atoms with Crippen LogP contribution in [0, 0.1) is 0 Å². The van der Waals surface area contributed by atoms with Crippen LogP contribution < -0.4 is 4.74 Å². The third kappa shape index (κ3) is 3.67. The predicted octanol–water partition coefficient (Wildman–Crippen LogP) is 2.21. The van der Waals surface area contributed by atoms with E-state index in [1.807, 2.05) is 0 Å². The molecule has 25 heavy (non-hydrogen) atoms. The molecule has 2 aliphatic rings. The van der Waals surface area contributed by atoms with E-state index in [0.29, 0.717) is 37.0 Å². The molecule has 0 aromatic heterocycles. The molecule has 0 atom stereocenters. The highest BCUT2D eigenvalue weighted by atomic mass is 32.2. The maximum absolute atomic E-state index is 13.0. The van der Waals surface area contributed by atoms with Gasteiger partial charge in [-0.25, -0.2) is 8.42 Å². The number of ether oxygens (including phenoxy) is 1. The van der Waals surface area contributed by atoms with Gasteiger partial charge in [-0.2, -0.15) is 4.31 Å². The molecule has 7 heteroatoms. The number of carbonyl (C=O) groups is 1. The highest BCUT2D eigenvalue weighted by molar-refractivity contribution is 7.89. The molecule has 1 saturated heterocycles. The molecule has 1 aliphatic heterocycles. The number of amides is 1. The molecule has 1 aliphatic carbocycles. The molecule has 0 radical (unpaired) electrons. The van der Waals surface area contributed by atoms with Gasteiger partial charge in [0, 0.05) is 33.1 Å². The average molecular weight is 366 g/mol. The summed E-state index contributed by atoms with van der Waals surface area (Å²) >= 11 is 0. The van der Waals surface area contributed by atoms with Crippen LogP contribution in [0.4, 0.5) is 0 Å². The summed E-state index contributed by atoms with van der Waals surface area (Å²) in [5.41, 5.74) is 1.00. The second kappa shape index (κ2) is 7.33. The summed E-state index contributed by atoms with van der Waals surface area (Å²) in [6.07, 6.45) is 4.52. The van der Waals surface area contributed by atoms with Crippen molar-refractivity contribution in [3.8, 4) is 5.75 Å². The van der Waals surface area contributed by atoms with Crippen molar-refractivity contribution in [3.05, 3.63) is 23.8 Å². The highest BCUT2D eigenvalue weighted by Gasteiger charge is 2.31. The Morgan fingerprint density at radius 2 is 1.76 bits per heavy atom. The number of piperazine rings is 1. The lowest BCUT2D eigenvalue weighted by atomic mass is 9.97. The Morgan fingerprint density at radius 1 is 1.12 bits per heavy atom. The number of hydrogen-bond donors (Lipinski definition) is 0. The van der Waals surface area contributed by atoms with Gasteiger partial charge in [0.25, 0.3) is 0 Å². The molecule has 0 N–H and O–H groups in total. The van der Waals surface area contributed by atoms with E-state index in [2.05, 4.69) is 0 Å². The van der Waals surface area contributed by atoms with Gasteiger partial charge in [-0.3, -0.25) is 4.79 Å². The summed E-state index contributed by atoms with van der Waals surface area (Å²) in [4.78, 5) is 13.4. The van der Waals surface area contributed by atoms with Crippen molar-refractivity contribution in [1.82, 2.24) is 9.21 Å². The van der Waals surface area contributed by atoms with Crippen LogP contribution in [-0.4, -0.2) is 56.8 Å². The van der Waals surface area contributed by atoms with E-state index >= 15 is 0 Å². The van der Waals surface area contributed by atoms with E-state index < -0.39 is 10.0 Å². The molecule has 1 aromatic rings. The molecule has 1 aromatic carbocycles. The molecular weight excluding hydrogens is 340 g/mol. The Hall–Kier alpha value is -1.60. The van der Waals surface area contributed by atoms with Gasteiger partial charge < -0.3 is 9.64 Å². The fourth-order valence-corrected chi connectivity index (χ4v) is 5.28. The van der Waals surface area contributed by atoms with Crippen LogP contribution in [0.2, 0.25) is 0 Å². The molecule has 6 nitrogen and oxygen atoms in total. The molecule has 138 valence electrons. The molecule has 0 unspecified atom stereocenters. The summed E-state index contributed by atoms with van der Waals surface area (Å²) in [5, 5.41) is 0. The van der Waals surface area contributed by atoms with Crippen molar-refractivity contribution in [1.29, 1.82) is 0 Å². The number of rotatable bonds is 4. The van der Waals surface area contributed by atoms with Crippen LogP contribution in [0.25, 0.3) is 0 Å². The maximum Gasteiger partial charge on any atom is 0.243 e. The first-order valence-electron chi connectivity index (χ1n) is 8.87. The van der Waals surface area contributed by atoms with Crippen LogP contribution in [0.3, 0.4) is 0 Å². The van der Waals surface area contributed by atoms with Crippen LogP contribution in [0.1, 0.15) is 44.1 Å². The van der Waals surface area contributed by atoms with Crippen LogP contribution >= 0.6 is 0 Å². The molecule has 0 bridgehead atoms. The quantitative estimate of drug-likeness (QED) is 0.819. The second-order valence-electron chi connectivity index (χ2n) is 6.80. The van der Waals surface area contributed by atoms with Gasteiger partial charge in [-0.15, -0.1) is 0 Å². The van der Waals surface area contributed by atoms with Gasteiger partial charge in [-0.05, 0) is 42.5 Å². The summed E-state index contributed by atoms with van der Waals surface area (Å²) in [6, 6.07) is 5.19. The van der Waals surface area contributed by atoms with E-state index in [9.17, 15) is 13.2 Å². The standard InChI is InChI=1S/C18H26N2O4S/c1-14(21)19-9-11-20(12-10-19)25(22,23)16-7-8-18(24-2)17(13-16)15-5-3-4-6-15/h7-8,13,15H,3-6,9-12H2,1-2H3. The first-order valence-corrected chi connectivity index (χ1v) is 10.3. The predicted molar refractivity (Wildman–Crippen MR) is 95.2 cm³/mol. The number of benzene rings is 1. The largest absolute Gasteiger partial charge is 0.496 e. The van der Waals surface area contributed by atoms with E-state index in [4.69, 9.17) is 4.74 Å². The van der Waals surface area contributed by atoms with E-state index in [-0.39, 0.29) is 5.91 Å². The van der Waals surface area contributed by atoms with E-state index in [1.165, 1.54) is 24.1 Å². The minimum atomic E-state index is -3.55. The lowest BCUT2D eigenvalue weighted by Crippen LogP contribution is -2.49. The minimum absolute atomic E-state index is 0.00925. The molecule has 1 amide bonds. The van der Waals surface area contributed by atoms with Gasteiger partial charge >= 0.3 is 0 Å². The fraction of sp³-hybridized carbons (Fsp3) is 0.611. The van der Waals surface area contributed by atoms with Crippen LogP contribution in [0.5, 0.6) is 5.75 Å². The third-order valence-electron chi connectivity index (χ3n) is 5.32. The number of hydrogen-bond acceptors (Lipinski definition) is 4. The normalized spacial score (nSPS) is 20.0. The lowest BCUT2D eigenvalue weighted by Gasteiger charge is -2.33. The van der Waals surface area contributed by atoms with Crippen molar-refractivity contribution in [2.24, 2.45) is 0 Å². The Labute approximate surface area is 149 Å². The second-order valence-corrected chi connectivity index (χ2v) is 8.73. The van der Waals surface area contributed by atoms with Crippen molar-refractivity contribution >= 4 is 15.9 Å². The van der Waals surface area contributed by atoms with Crippen molar-refractivity contribution < 1.29 is 17.9 Å². The van der Waals surface area contributed by atoms with Crippen molar-refractivity contribution in [2.75, 3.05) is 33.3 Å².